The summed E-state index contributed by atoms with van der Waals surface area (Å²) in [4.78, 5) is 39.4. The predicted molar refractivity (Wildman–Crippen MR) is 151 cm³/mol. The van der Waals surface area contributed by atoms with E-state index in [4.69, 9.17) is 21.1 Å². The Morgan fingerprint density at radius 1 is 1.08 bits per heavy atom. The zero-order valence-corrected chi connectivity index (χ0v) is 23.3. The molecule has 3 aromatic rings. The van der Waals surface area contributed by atoms with Crippen LogP contribution in [0.25, 0.3) is 6.08 Å². The van der Waals surface area contributed by atoms with Gasteiger partial charge in [0.1, 0.15) is 19.0 Å². The van der Waals surface area contributed by atoms with E-state index < -0.39 is 29.4 Å². The van der Waals surface area contributed by atoms with E-state index in [9.17, 15) is 18.8 Å². The van der Waals surface area contributed by atoms with Gasteiger partial charge in [0.25, 0.3) is 11.1 Å². The minimum Gasteiger partial charge on any atom is -0.493 e. The van der Waals surface area contributed by atoms with E-state index in [0.717, 1.165) is 33.4 Å². The first kappa shape index (κ1) is 28.2. The van der Waals surface area contributed by atoms with Crippen LogP contribution in [0.3, 0.4) is 0 Å². The van der Waals surface area contributed by atoms with Crippen molar-refractivity contribution >= 4 is 52.2 Å². The van der Waals surface area contributed by atoms with Crippen LogP contribution < -0.4 is 14.8 Å². The lowest BCUT2D eigenvalue weighted by molar-refractivity contribution is -0.127. The SMILES string of the molecule is COc1ccc(/C=C2/SC(=O)N(CC(=O)Nc3c(C)cc(C)cc3C)C2=O)cc1OCc1c(F)cccc1Cl. The molecule has 10 heteroatoms. The normalized spacial score (nSPS) is 14.2. The zero-order valence-electron chi connectivity index (χ0n) is 21.8. The standard InChI is InChI=1S/C29H26ClFN2O5S/c1-16-10-17(2)27(18(3)11-16)32-26(34)14-33-28(35)25(39-29(33)36)13-19-8-9-23(37-4)24(12-19)38-15-20-21(30)6-5-7-22(20)31/h5-13H,14-15H2,1-4H3,(H,32,34)/b25-13+. The molecular weight excluding hydrogens is 543 g/mol. The van der Waals surface area contributed by atoms with Crippen LogP contribution >= 0.6 is 23.4 Å². The van der Waals surface area contributed by atoms with Gasteiger partial charge >= 0.3 is 0 Å². The van der Waals surface area contributed by atoms with Gasteiger partial charge in [0, 0.05) is 11.3 Å². The Morgan fingerprint density at radius 2 is 1.79 bits per heavy atom. The van der Waals surface area contributed by atoms with Crippen molar-refractivity contribution < 1.29 is 28.2 Å². The van der Waals surface area contributed by atoms with E-state index in [1.165, 1.54) is 25.3 Å². The number of anilines is 1. The number of benzene rings is 3. The molecule has 4 rings (SSSR count). The summed E-state index contributed by atoms with van der Waals surface area (Å²) >= 11 is 6.84. The highest BCUT2D eigenvalue weighted by Crippen LogP contribution is 2.35. The number of aryl methyl sites for hydroxylation is 3. The summed E-state index contributed by atoms with van der Waals surface area (Å²) in [5.41, 5.74) is 4.26. The molecule has 1 saturated heterocycles. The average molecular weight is 569 g/mol. The van der Waals surface area contributed by atoms with E-state index in [2.05, 4.69) is 5.32 Å². The number of rotatable bonds is 8. The number of amides is 3. The molecule has 1 fully saturated rings. The molecular formula is C29H26ClFN2O5S. The van der Waals surface area contributed by atoms with Crippen molar-refractivity contribution in [2.24, 2.45) is 0 Å². The van der Waals surface area contributed by atoms with Crippen LogP contribution in [-0.4, -0.2) is 35.6 Å². The Labute approximate surface area is 234 Å². The smallest absolute Gasteiger partial charge is 0.294 e. The number of halogens is 2. The number of ether oxygens (including phenoxy) is 2. The first-order valence-electron chi connectivity index (χ1n) is 11.9. The molecule has 0 saturated carbocycles. The lowest BCUT2D eigenvalue weighted by Crippen LogP contribution is -2.36. The number of carbonyl (C=O) groups is 3. The highest BCUT2D eigenvalue weighted by Gasteiger charge is 2.36. The van der Waals surface area contributed by atoms with Gasteiger partial charge in [-0.25, -0.2) is 4.39 Å². The minimum atomic E-state index is -0.575. The van der Waals surface area contributed by atoms with E-state index in [-0.39, 0.29) is 22.1 Å². The topological polar surface area (TPSA) is 84.9 Å². The Kier molecular flexibility index (Phi) is 8.62. The van der Waals surface area contributed by atoms with Crippen molar-refractivity contribution in [2.45, 2.75) is 27.4 Å². The van der Waals surface area contributed by atoms with Crippen molar-refractivity contribution in [1.82, 2.24) is 4.90 Å². The Morgan fingerprint density at radius 3 is 2.46 bits per heavy atom. The van der Waals surface area contributed by atoms with Crippen LogP contribution in [0.1, 0.15) is 27.8 Å². The van der Waals surface area contributed by atoms with Crippen LogP contribution in [0.4, 0.5) is 14.9 Å². The Balaban J connectivity index is 1.49. The van der Waals surface area contributed by atoms with E-state index in [1.807, 2.05) is 32.9 Å². The number of nitrogens with one attached hydrogen (secondary N) is 1. The van der Waals surface area contributed by atoms with Crippen LogP contribution in [0.2, 0.25) is 5.02 Å². The highest BCUT2D eigenvalue weighted by atomic mass is 35.5. The van der Waals surface area contributed by atoms with Crippen molar-refractivity contribution in [1.29, 1.82) is 0 Å². The summed E-state index contributed by atoms with van der Waals surface area (Å²) in [5.74, 6) is -0.850. The molecule has 1 aliphatic heterocycles. The highest BCUT2D eigenvalue weighted by molar-refractivity contribution is 8.18. The largest absolute Gasteiger partial charge is 0.493 e. The van der Waals surface area contributed by atoms with Crippen molar-refractivity contribution in [3.05, 3.63) is 92.1 Å². The maximum Gasteiger partial charge on any atom is 0.294 e. The average Bonchev–Trinajstić information content (AvgIpc) is 3.13. The van der Waals surface area contributed by atoms with E-state index >= 15 is 0 Å². The molecule has 1 N–H and O–H groups in total. The molecule has 3 aromatic carbocycles. The van der Waals surface area contributed by atoms with Crippen LogP contribution in [-0.2, 0) is 16.2 Å². The summed E-state index contributed by atoms with van der Waals surface area (Å²) in [6.07, 6.45) is 1.53. The molecule has 202 valence electrons. The monoisotopic (exact) mass is 568 g/mol. The molecule has 0 aliphatic carbocycles. The fourth-order valence-electron chi connectivity index (χ4n) is 4.20. The second-order valence-corrected chi connectivity index (χ2v) is 10.4. The number of thioether (sulfide) groups is 1. The van der Waals surface area contributed by atoms with Gasteiger partial charge in [-0.1, -0.05) is 41.4 Å². The summed E-state index contributed by atoms with van der Waals surface area (Å²) in [6.45, 7) is 5.19. The summed E-state index contributed by atoms with van der Waals surface area (Å²) in [5, 5.41) is 2.50. The molecule has 1 heterocycles. The molecule has 0 radical (unpaired) electrons. The Hall–Kier alpha value is -3.82. The van der Waals surface area contributed by atoms with E-state index in [0.29, 0.717) is 22.7 Å². The number of hydrogen-bond donors (Lipinski definition) is 1. The van der Waals surface area contributed by atoms with Gasteiger partial charge in [-0.2, -0.15) is 0 Å². The lowest BCUT2D eigenvalue weighted by Gasteiger charge is -2.16. The molecule has 0 bridgehead atoms. The molecule has 3 amide bonds. The second-order valence-electron chi connectivity index (χ2n) is 8.99. The number of methoxy groups -OCH3 is 1. The lowest BCUT2D eigenvalue weighted by atomic mass is 10.1. The third-order valence-corrected chi connectivity index (χ3v) is 7.30. The van der Waals surface area contributed by atoms with Crippen molar-refractivity contribution in [3.8, 4) is 11.5 Å². The molecule has 0 atom stereocenters. The molecule has 0 aromatic heterocycles. The van der Waals surface area contributed by atoms with Gasteiger partial charge in [-0.15, -0.1) is 0 Å². The molecule has 0 spiro atoms. The van der Waals surface area contributed by atoms with Crippen LogP contribution in [0.5, 0.6) is 11.5 Å². The van der Waals surface area contributed by atoms with Gasteiger partial charge < -0.3 is 14.8 Å². The first-order chi connectivity index (χ1) is 18.6. The quantitative estimate of drug-likeness (QED) is 0.306. The van der Waals surface area contributed by atoms with Crippen molar-refractivity contribution in [3.63, 3.8) is 0 Å². The third kappa shape index (κ3) is 6.43. The number of hydrogen-bond acceptors (Lipinski definition) is 6. The first-order valence-corrected chi connectivity index (χ1v) is 13.1. The van der Waals surface area contributed by atoms with E-state index in [1.54, 1.807) is 24.3 Å². The fraction of sp³-hybridized carbons (Fsp3) is 0.207. The molecule has 1 aliphatic rings. The van der Waals surface area contributed by atoms with Gasteiger partial charge in [0.15, 0.2) is 11.5 Å². The zero-order chi connectivity index (χ0) is 28.3. The number of imide groups is 1. The van der Waals surface area contributed by atoms with Crippen molar-refractivity contribution in [2.75, 3.05) is 19.0 Å². The number of carbonyl (C=O) groups excluding carboxylic acids is 3. The van der Waals surface area contributed by atoms with Crippen LogP contribution in [0, 0.1) is 26.6 Å². The third-order valence-electron chi connectivity index (χ3n) is 6.04. The fourth-order valence-corrected chi connectivity index (χ4v) is 5.26. The van der Waals surface area contributed by atoms with Gasteiger partial charge in [0.05, 0.1) is 17.0 Å². The molecule has 39 heavy (non-hydrogen) atoms. The Bertz CT molecular complexity index is 1460. The maximum atomic E-state index is 14.2. The van der Waals surface area contributed by atoms with Crippen LogP contribution in [0.15, 0.2) is 53.4 Å². The molecule has 7 nitrogen and oxygen atoms in total. The van der Waals surface area contributed by atoms with Gasteiger partial charge in [-0.3, -0.25) is 19.3 Å². The van der Waals surface area contributed by atoms with Gasteiger partial charge in [-0.05, 0) is 79.6 Å². The van der Waals surface area contributed by atoms with Gasteiger partial charge in [0.2, 0.25) is 5.91 Å². The second kappa shape index (κ2) is 11.9. The molecule has 0 unspecified atom stereocenters. The maximum absolute atomic E-state index is 14.2. The minimum absolute atomic E-state index is 0.142. The summed E-state index contributed by atoms with van der Waals surface area (Å²) < 4.78 is 25.3. The number of nitrogens with zero attached hydrogens (tertiary/aromatic N) is 1. The summed E-state index contributed by atoms with van der Waals surface area (Å²) in [7, 11) is 1.47. The predicted octanol–water partition coefficient (Wildman–Crippen LogP) is 6.67. The summed E-state index contributed by atoms with van der Waals surface area (Å²) in [6, 6.07) is 13.2.